The maximum absolute atomic E-state index is 12.3. The molecule has 6 heteroatoms. The number of hydrogen-bond donors (Lipinski definition) is 2. The van der Waals surface area contributed by atoms with Crippen LogP contribution in [-0.4, -0.2) is 31.2 Å². The van der Waals surface area contributed by atoms with Gasteiger partial charge in [0.15, 0.2) is 0 Å². The average molecular weight is 329 g/mol. The van der Waals surface area contributed by atoms with Gasteiger partial charge in [-0.3, -0.25) is 4.79 Å². The van der Waals surface area contributed by atoms with Crippen molar-refractivity contribution < 1.29 is 24.2 Å². The van der Waals surface area contributed by atoms with Gasteiger partial charge in [-0.1, -0.05) is 11.6 Å². The number of nitrogens with one attached hydrogen (secondary N) is 1. The molecule has 0 aromatic heterocycles. The number of carboxylic acid groups (broad SMARTS) is 1. The second-order valence-corrected chi connectivity index (χ2v) is 5.26. The molecule has 0 saturated heterocycles. The lowest BCUT2D eigenvalue weighted by Gasteiger charge is -2.12. The summed E-state index contributed by atoms with van der Waals surface area (Å²) in [7, 11) is 3.06. The van der Waals surface area contributed by atoms with Crippen molar-refractivity contribution in [2.75, 3.05) is 19.5 Å². The van der Waals surface area contributed by atoms with E-state index < -0.39 is 5.97 Å². The summed E-state index contributed by atoms with van der Waals surface area (Å²) in [6.07, 6.45) is 0.0350. The molecule has 0 atom stereocenters. The van der Waals surface area contributed by atoms with Crippen molar-refractivity contribution in [2.24, 2.45) is 0 Å². The second kappa shape index (κ2) is 7.50. The maximum Gasteiger partial charge on any atom is 0.337 e. The van der Waals surface area contributed by atoms with Crippen molar-refractivity contribution in [3.8, 4) is 11.5 Å². The van der Waals surface area contributed by atoms with Gasteiger partial charge in [0.25, 0.3) is 0 Å². The number of carbonyl (C=O) groups is 2. The summed E-state index contributed by atoms with van der Waals surface area (Å²) in [5, 5.41) is 11.9. The predicted molar refractivity (Wildman–Crippen MR) is 90.0 cm³/mol. The number of aryl methyl sites for hydroxylation is 1. The Morgan fingerprint density at radius 1 is 1.08 bits per heavy atom. The van der Waals surface area contributed by atoms with Crippen molar-refractivity contribution in [3.05, 3.63) is 53.1 Å². The van der Waals surface area contributed by atoms with Gasteiger partial charge in [0.05, 0.1) is 31.9 Å². The van der Waals surface area contributed by atoms with Gasteiger partial charge in [0.2, 0.25) is 5.91 Å². The molecule has 24 heavy (non-hydrogen) atoms. The molecule has 0 fully saturated rings. The molecule has 0 heterocycles. The van der Waals surface area contributed by atoms with E-state index in [1.807, 2.05) is 0 Å². The minimum Gasteiger partial charge on any atom is -0.497 e. The summed E-state index contributed by atoms with van der Waals surface area (Å²) in [5.74, 6) is -0.255. The number of aromatic carboxylic acids is 1. The van der Waals surface area contributed by atoms with Crippen LogP contribution in [0.5, 0.6) is 11.5 Å². The van der Waals surface area contributed by atoms with Gasteiger partial charge in [-0.25, -0.2) is 4.79 Å². The molecule has 2 N–H and O–H groups in total. The lowest BCUT2D eigenvalue weighted by molar-refractivity contribution is -0.115. The van der Waals surface area contributed by atoms with E-state index in [1.165, 1.54) is 20.3 Å². The molecule has 0 spiro atoms. The smallest absolute Gasteiger partial charge is 0.337 e. The van der Waals surface area contributed by atoms with E-state index in [9.17, 15) is 14.7 Å². The average Bonchev–Trinajstić information content (AvgIpc) is 2.56. The molecule has 0 saturated carbocycles. The van der Waals surface area contributed by atoms with Crippen LogP contribution in [0.25, 0.3) is 0 Å². The molecule has 2 rings (SSSR count). The van der Waals surface area contributed by atoms with Crippen molar-refractivity contribution in [1.82, 2.24) is 0 Å². The van der Waals surface area contributed by atoms with Crippen LogP contribution in [0.1, 0.15) is 21.5 Å². The molecular weight excluding hydrogens is 310 g/mol. The fraction of sp³-hybridized carbons (Fsp3) is 0.222. The molecule has 0 unspecified atom stereocenters. The van der Waals surface area contributed by atoms with E-state index in [1.54, 1.807) is 37.3 Å². The molecule has 2 aromatic rings. The first-order valence-corrected chi connectivity index (χ1v) is 7.29. The van der Waals surface area contributed by atoms with E-state index in [0.717, 1.165) is 5.56 Å². The second-order valence-electron chi connectivity index (χ2n) is 5.26. The quantitative estimate of drug-likeness (QED) is 0.851. The minimum atomic E-state index is -1.09. The molecule has 0 bridgehead atoms. The third kappa shape index (κ3) is 4.04. The highest BCUT2D eigenvalue weighted by atomic mass is 16.5. The number of carbonyl (C=O) groups excluding carboxylic acids is 1. The molecule has 0 radical (unpaired) electrons. The molecule has 2 aromatic carbocycles. The van der Waals surface area contributed by atoms with E-state index in [4.69, 9.17) is 9.47 Å². The lowest BCUT2D eigenvalue weighted by Crippen LogP contribution is -2.17. The summed E-state index contributed by atoms with van der Waals surface area (Å²) in [6, 6.07) is 10.0. The van der Waals surface area contributed by atoms with Gasteiger partial charge in [-0.05, 0) is 37.3 Å². The monoisotopic (exact) mass is 329 g/mol. The van der Waals surface area contributed by atoms with Crippen molar-refractivity contribution in [1.29, 1.82) is 0 Å². The first-order valence-electron chi connectivity index (χ1n) is 7.29. The van der Waals surface area contributed by atoms with E-state index in [2.05, 4.69) is 5.32 Å². The minimum absolute atomic E-state index is 0.0350. The number of carboxylic acids is 1. The number of methoxy groups -OCH3 is 2. The molecule has 6 nitrogen and oxygen atoms in total. The molecule has 0 aliphatic rings. The van der Waals surface area contributed by atoms with E-state index in [-0.39, 0.29) is 23.6 Å². The normalized spacial score (nSPS) is 10.1. The summed E-state index contributed by atoms with van der Waals surface area (Å²) in [6.45, 7) is 1.79. The number of hydrogen-bond acceptors (Lipinski definition) is 4. The zero-order valence-electron chi connectivity index (χ0n) is 13.8. The van der Waals surface area contributed by atoms with E-state index >= 15 is 0 Å². The molecule has 0 aliphatic heterocycles. The topological polar surface area (TPSA) is 84.9 Å². The summed E-state index contributed by atoms with van der Waals surface area (Å²) >= 11 is 0. The van der Waals surface area contributed by atoms with Crippen molar-refractivity contribution in [3.63, 3.8) is 0 Å². The predicted octanol–water partition coefficient (Wildman–Crippen LogP) is 2.89. The Labute approximate surface area is 140 Å². The Balaban J connectivity index is 2.22. The van der Waals surface area contributed by atoms with Crippen LogP contribution in [0.2, 0.25) is 0 Å². The lowest BCUT2D eigenvalue weighted by atomic mass is 10.1. The molecular formula is C18H19NO5. The standard InChI is InChI=1S/C18H19NO5/c1-11-4-6-15(14(8-11)18(21)22)19-17(20)10-12-9-13(23-2)5-7-16(12)24-3/h4-9H,10H2,1-3H3,(H,19,20)(H,21,22). The van der Waals surface area contributed by atoms with Crippen LogP contribution >= 0.6 is 0 Å². The van der Waals surface area contributed by atoms with Crippen LogP contribution in [-0.2, 0) is 11.2 Å². The number of ether oxygens (including phenoxy) is 2. The summed E-state index contributed by atoms with van der Waals surface area (Å²) in [4.78, 5) is 23.6. The summed E-state index contributed by atoms with van der Waals surface area (Å²) in [5.41, 5.74) is 1.78. The number of anilines is 1. The fourth-order valence-corrected chi connectivity index (χ4v) is 2.33. The Kier molecular flexibility index (Phi) is 5.42. The van der Waals surface area contributed by atoms with Crippen molar-refractivity contribution >= 4 is 17.6 Å². The van der Waals surface area contributed by atoms with Gasteiger partial charge in [-0.2, -0.15) is 0 Å². The van der Waals surface area contributed by atoms with Crippen LogP contribution in [0.4, 0.5) is 5.69 Å². The van der Waals surface area contributed by atoms with Gasteiger partial charge in [0, 0.05) is 5.56 Å². The van der Waals surface area contributed by atoms with Gasteiger partial charge in [0.1, 0.15) is 11.5 Å². The van der Waals surface area contributed by atoms with Crippen molar-refractivity contribution in [2.45, 2.75) is 13.3 Å². The first-order chi connectivity index (χ1) is 11.4. The molecule has 126 valence electrons. The van der Waals surface area contributed by atoms with Crippen LogP contribution in [0, 0.1) is 6.92 Å². The third-order valence-corrected chi connectivity index (χ3v) is 3.52. The van der Waals surface area contributed by atoms with Crippen LogP contribution in [0.15, 0.2) is 36.4 Å². The molecule has 0 aliphatic carbocycles. The highest BCUT2D eigenvalue weighted by molar-refractivity contribution is 6.01. The number of benzene rings is 2. The molecule has 1 amide bonds. The summed E-state index contributed by atoms with van der Waals surface area (Å²) < 4.78 is 10.4. The Bertz CT molecular complexity index is 770. The first kappa shape index (κ1) is 17.3. The number of rotatable bonds is 6. The highest BCUT2D eigenvalue weighted by Crippen LogP contribution is 2.25. The maximum atomic E-state index is 12.3. The SMILES string of the molecule is COc1ccc(OC)c(CC(=O)Nc2ccc(C)cc2C(=O)O)c1. The van der Waals surface area contributed by atoms with Gasteiger partial charge < -0.3 is 19.9 Å². The third-order valence-electron chi connectivity index (χ3n) is 3.52. The zero-order valence-corrected chi connectivity index (χ0v) is 13.8. The highest BCUT2D eigenvalue weighted by Gasteiger charge is 2.15. The largest absolute Gasteiger partial charge is 0.497 e. The number of amides is 1. The van der Waals surface area contributed by atoms with E-state index in [0.29, 0.717) is 17.1 Å². The van der Waals surface area contributed by atoms with Gasteiger partial charge >= 0.3 is 5.97 Å². The van der Waals surface area contributed by atoms with Crippen LogP contribution in [0.3, 0.4) is 0 Å². The Morgan fingerprint density at radius 3 is 2.46 bits per heavy atom. The Morgan fingerprint density at radius 2 is 1.83 bits per heavy atom. The van der Waals surface area contributed by atoms with Crippen LogP contribution < -0.4 is 14.8 Å². The Hall–Kier alpha value is -3.02. The van der Waals surface area contributed by atoms with Gasteiger partial charge in [-0.15, -0.1) is 0 Å². The zero-order chi connectivity index (χ0) is 17.7. The fourth-order valence-electron chi connectivity index (χ4n) is 2.33.